The first-order valence-electron chi connectivity index (χ1n) is 9.48. The summed E-state index contributed by atoms with van der Waals surface area (Å²) in [5.41, 5.74) is 1.58. The average molecular weight is 395 g/mol. The summed E-state index contributed by atoms with van der Waals surface area (Å²) in [6, 6.07) is 16.5. The number of carbonyl (C=O) groups excluding carboxylic acids is 1. The van der Waals surface area contributed by atoms with Crippen molar-refractivity contribution in [3.63, 3.8) is 0 Å². The van der Waals surface area contributed by atoms with Crippen molar-refractivity contribution in [2.75, 3.05) is 13.7 Å². The molecule has 6 nitrogen and oxygen atoms in total. The van der Waals surface area contributed by atoms with Crippen LogP contribution in [0.4, 0.5) is 0 Å². The summed E-state index contributed by atoms with van der Waals surface area (Å²) in [5.74, 6) is 1.96. The van der Waals surface area contributed by atoms with Crippen LogP contribution in [0.15, 0.2) is 65.3 Å². The molecular weight excluding hydrogens is 370 g/mol. The minimum atomic E-state index is -0.304. The fourth-order valence-electron chi connectivity index (χ4n) is 2.90. The molecule has 1 unspecified atom stereocenters. The fourth-order valence-corrected chi connectivity index (χ4v) is 2.90. The van der Waals surface area contributed by atoms with Crippen LogP contribution in [0.1, 0.15) is 41.6 Å². The van der Waals surface area contributed by atoms with E-state index in [9.17, 15) is 4.79 Å². The molecule has 0 aliphatic rings. The Hall–Kier alpha value is -3.41. The van der Waals surface area contributed by atoms with Crippen LogP contribution in [0.25, 0.3) is 0 Å². The molecule has 2 aromatic carbocycles. The fraction of sp³-hybridized carbons (Fsp3) is 0.261. The van der Waals surface area contributed by atoms with Gasteiger partial charge in [-0.15, -0.1) is 0 Å². The van der Waals surface area contributed by atoms with Crippen molar-refractivity contribution >= 4 is 5.91 Å². The Morgan fingerprint density at radius 3 is 2.59 bits per heavy atom. The summed E-state index contributed by atoms with van der Waals surface area (Å²) in [4.78, 5) is 12.7. The maximum atomic E-state index is 12.7. The summed E-state index contributed by atoms with van der Waals surface area (Å²) in [6.07, 6.45) is 1.49. The Kier molecular flexibility index (Phi) is 6.79. The van der Waals surface area contributed by atoms with Crippen molar-refractivity contribution < 1.29 is 23.4 Å². The van der Waals surface area contributed by atoms with Crippen LogP contribution in [-0.4, -0.2) is 19.6 Å². The molecule has 1 aromatic heterocycles. The minimum absolute atomic E-state index is 0.241. The van der Waals surface area contributed by atoms with E-state index < -0.39 is 0 Å². The molecule has 3 rings (SSSR count). The second-order valence-corrected chi connectivity index (χ2v) is 6.42. The first-order valence-corrected chi connectivity index (χ1v) is 9.48. The van der Waals surface area contributed by atoms with E-state index >= 15 is 0 Å². The maximum absolute atomic E-state index is 12.7. The van der Waals surface area contributed by atoms with E-state index in [1.54, 1.807) is 13.2 Å². The third-order valence-corrected chi connectivity index (χ3v) is 4.43. The van der Waals surface area contributed by atoms with E-state index in [1.165, 1.54) is 6.26 Å². The van der Waals surface area contributed by atoms with Crippen molar-refractivity contribution in [1.29, 1.82) is 0 Å². The zero-order valence-electron chi connectivity index (χ0n) is 16.8. The highest BCUT2D eigenvalue weighted by molar-refractivity contribution is 5.93. The highest BCUT2D eigenvalue weighted by Crippen LogP contribution is 2.30. The predicted molar refractivity (Wildman–Crippen MR) is 110 cm³/mol. The molecule has 1 heterocycles. The maximum Gasteiger partial charge on any atom is 0.287 e. The lowest BCUT2D eigenvalue weighted by Crippen LogP contribution is -2.27. The summed E-state index contributed by atoms with van der Waals surface area (Å²) in [5, 5.41) is 2.96. The van der Waals surface area contributed by atoms with Gasteiger partial charge in [0.1, 0.15) is 12.4 Å². The second-order valence-electron chi connectivity index (χ2n) is 6.42. The summed E-state index contributed by atoms with van der Waals surface area (Å²) >= 11 is 0. The van der Waals surface area contributed by atoms with Crippen LogP contribution in [-0.2, 0) is 6.61 Å². The van der Waals surface area contributed by atoms with Gasteiger partial charge in [0.05, 0.1) is 26.0 Å². The van der Waals surface area contributed by atoms with Gasteiger partial charge >= 0.3 is 0 Å². The molecule has 0 aliphatic heterocycles. The van der Waals surface area contributed by atoms with E-state index in [1.807, 2.05) is 62.4 Å². The van der Waals surface area contributed by atoms with Crippen LogP contribution in [0.5, 0.6) is 17.2 Å². The number of ether oxygens (including phenoxy) is 3. The number of benzene rings is 2. The van der Waals surface area contributed by atoms with Crippen LogP contribution < -0.4 is 19.5 Å². The molecule has 152 valence electrons. The van der Waals surface area contributed by atoms with Gasteiger partial charge in [-0.3, -0.25) is 4.79 Å². The lowest BCUT2D eigenvalue weighted by atomic mass is 10.1. The number of hydrogen-bond donors (Lipinski definition) is 1. The first kappa shape index (κ1) is 20.3. The van der Waals surface area contributed by atoms with Gasteiger partial charge in [-0.1, -0.05) is 24.3 Å². The second kappa shape index (κ2) is 9.68. The smallest absolute Gasteiger partial charge is 0.287 e. The van der Waals surface area contributed by atoms with Gasteiger partial charge in [0.15, 0.2) is 17.3 Å². The largest absolute Gasteiger partial charge is 0.493 e. The molecule has 1 N–H and O–H groups in total. The third-order valence-electron chi connectivity index (χ3n) is 4.43. The van der Waals surface area contributed by atoms with Crippen LogP contribution in [0.2, 0.25) is 0 Å². The van der Waals surface area contributed by atoms with Gasteiger partial charge in [0, 0.05) is 5.56 Å². The van der Waals surface area contributed by atoms with Crippen LogP contribution in [0, 0.1) is 0 Å². The lowest BCUT2D eigenvalue weighted by molar-refractivity contribution is 0.0908. The molecule has 0 spiro atoms. The molecular formula is C23H25NO5. The number of carbonyl (C=O) groups is 1. The third kappa shape index (κ3) is 5.10. The first-order chi connectivity index (χ1) is 14.1. The Labute approximate surface area is 170 Å². The van der Waals surface area contributed by atoms with Crippen molar-refractivity contribution in [1.82, 2.24) is 5.32 Å². The number of rotatable bonds is 9. The minimum Gasteiger partial charge on any atom is -0.493 e. The zero-order chi connectivity index (χ0) is 20.6. The number of methoxy groups -OCH3 is 1. The van der Waals surface area contributed by atoms with E-state index in [2.05, 4.69) is 5.32 Å². The zero-order valence-corrected chi connectivity index (χ0v) is 16.8. The molecule has 0 aliphatic carbocycles. The van der Waals surface area contributed by atoms with Crippen molar-refractivity contribution in [3.8, 4) is 17.2 Å². The lowest BCUT2D eigenvalue weighted by Gasteiger charge is -2.17. The van der Waals surface area contributed by atoms with Gasteiger partial charge in [-0.2, -0.15) is 0 Å². The highest BCUT2D eigenvalue weighted by atomic mass is 16.5. The quantitative estimate of drug-likeness (QED) is 0.566. The van der Waals surface area contributed by atoms with Gasteiger partial charge in [0.25, 0.3) is 5.91 Å². The number of nitrogens with one attached hydrogen (secondary N) is 1. The summed E-state index contributed by atoms with van der Waals surface area (Å²) in [7, 11) is 1.59. The molecule has 3 aromatic rings. The Morgan fingerprint density at radius 1 is 1.07 bits per heavy atom. The predicted octanol–water partition coefficient (Wildman–Crippen LogP) is 4.76. The summed E-state index contributed by atoms with van der Waals surface area (Å²) in [6.45, 7) is 4.61. The van der Waals surface area contributed by atoms with E-state index in [4.69, 9.17) is 18.6 Å². The SMILES string of the molecule is CCOc1ccc(C(C)NC(=O)c2occc2COc2ccccc2)cc1OC. The average Bonchev–Trinajstić information content (AvgIpc) is 3.22. The number of para-hydroxylation sites is 1. The molecule has 0 saturated carbocycles. The van der Waals surface area contributed by atoms with Gasteiger partial charge < -0.3 is 23.9 Å². The van der Waals surface area contributed by atoms with Crippen molar-refractivity contribution in [2.24, 2.45) is 0 Å². The van der Waals surface area contributed by atoms with Crippen LogP contribution in [0.3, 0.4) is 0 Å². The van der Waals surface area contributed by atoms with E-state index in [-0.39, 0.29) is 24.3 Å². The highest BCUT2D eigenvalue weighted by Gasteiger charge is 2.19. The van der Waals surface area contributed by atoms with E-state index in [0.717, 1.165) is 11.3 Å². The molecule has 0 saturated heterocycles. The number of amides is 1. The standard InChI is InChI=1S/C23H25NO5/c1-4-27-20-11-10-17(14-21(20)26-3)16(2)24-23(25)22-18(12-13-28-22)15-29-19-8-6-5-7-9-19/h5-14,16H,4,15H2,1-3H3,(H,24,25). The van der Waals surface area contributed by atoms with Gasteiger partial charge in [0.2, 0.25) is 0 Å². The molecule has 29 heavy (non-hydrogen) atoms. The van der Waals surface area contributed by atoms with Crippen molar-refractivity contribution in [3.05, 3.63) is 77.7 Å². The van der Waals surface area contributed by atoms with Crippen molar-refractivity contribution in [2.45, 2.75) is 26.5 Å². The van der Waals surface area contributed by atoms with Crippen LogP contribution >= 0.6 is 0 Å². The normalized spacial score (nSPS) is 11.6. The molecule has 1 atom stereocenters. The summed E-state index contributed by atoms with van der Waals surface area (Å²) < 4.78 is 22.1. The Bertz CT molecular complexity index is 935. The number of hydrogen-bond acceptors (Lipinski definition) is 5. The topological polar surface area (TPSA) is 69.9 Å². The molecule has 0 fully saturated rings. The number of furan rings is 1. The molecule has 1 amide bonds. The monoisotopic (exact) mass is 395 g/mol. The molecule has 0 radical (unpaired) electrons. The Balaban J connectivity index is 1.67. The van der Waals surface area contributed by atoms with Gasteiger partial charge in [-0.05, 0) is 49.7 Å². The van der Waals surface area contributed by atoms with Gasteiger partial charge in [-0.25, -0.2) is 0 Å². The van der Waals surface area contributed by atoms with E-state index in [0.29, 0.717) is 23.7 Å². The molecule has 0 bridgehead atoms. The molecule has 6 heteroatoms. The Morgan fingerprint density at radius 2 is 1.86 bits per heavy atom.